The van der Waals surface area contributed by atoms with Crippen LogP contribution in [-0.2, 0) is 24.0 Å². The molecule has 0 spiro atoms. The van der Waals surface area contributed by atoms with Crippen molar-refractivity contribution in [2.45, 2.75) is 116 Å². The Morgan fingerprint density at radius 2 is 1.34 bits per heavy atom. The molecule has 4 aromatic rings. The molecule has 7 amide bonds. The fourth-order valence-electron chi connectivity index (χ4n) is 10.8. The highest BCUT2D eigenvalue weighted by Crippen LogP contribution is 2.44. The van der Waals surface area contributed by atoms with Crippen molar-refractivity contribution >= 4 is 89.8 Å². The summed E-state index contributed by atoms with van der Waals surface area (Å²) in [5, 5.41) is 8.36. The lowest BCUT2D eigenvalue weighted by atomic mass is 9.74. The Hall–Kier alpha value is -8.55. The second-order valence-electron chi connectivity index (χ2n) is 22.5. The number of unbranched alkanes of at least 4 members (excludes halogenated alkanes) is 2. The molecule has 83 heavy (non-hydrogen) atoms. The van der Waals surface area contributed by atoms with Crippen LogP contribution < -0.4 is 34.9 Å². The Labute approximate surface area is 485 Å². The van der Waals surface area contributed by atoms with Gasteiger partial charge in [0.05, 0.1) is 56.0 Å². The predicted octanol–water partition coefficient (Wildman–Crippen LogP) is 8.47. The number of carbonyl (C=O) groups is 7. The SMILES string of the molecule is [B]C12C=Nc3cc(OCCCOc4cc5c(cc4OC)C(=O)N4C=C(c6ccc(C)cc6)CC4C=N5)c(OC)cc3C(=O)N1C=C(c1ccc(NC(=O)C(C)NC(=O)C(NC(=O)CCCCCN3C(=O)CC(C(C)C)C3=O)C(C)C)cc1)C2. The van der Waals surface area contributed by atoms with Gasteiger partial charge in [0, 0.05) is 86.2 Å². The van der Waals surface area contributed by atoms with Gasteiger partial charge in [0.1, 0.15) is 19.9 Å². The number of hydrogen-bond donors (Lipinski definition) is 3. The lowest BCUT2D eigenvalue weighted by Gasteiger charge is -2.30. The molecule has 3 N–H and O–H groups in total. The van der Waals surface area contributed by atoms with E-state index in [1.54, 1.807) is 92.8 Å². The smallest absolute Gasteiger partial charge is 0.260 e. The van der Waals surface area contributed by atoms with Gasteiger partial charge in [-0.1, -0.05) is 76.1 Å². The summed E-state index contributed by atoms with van der Waals surface area (Å²) in [7, 11) is 9.92. The standard InChI is InChI=1S/C63H71BN8O11/c1-36(2)46-28-56(74)70(60(46)77)22-11-9-10-13-55(73)69-57(37(3)4)59(76)67-39(6)58(75)68-44-20-18-41(19-21-44)43-31-63(64)35-66-50-30-54(52(81-8)27-48(50)62(79)72(63)34-43)83-24-12-23-82-53-29-49-47(26-51(53)80-7)61(78)71-33-42(25-45(71)32-65-49)40-16-14-38(5)15-17-40/h14-21,26-27,29-30,32-37,39,45-46,57H,9-13,22-25,28,31H2,1-8H3,(H,67,76)(H,68,75)(H,69,73). The third kappa shape index (κ3) is 13.1. The van der Waals surface area contributed by atoms with Crippen molar-refractivity contribution in [3.63, 3.8) is 0 Å². The second kappa shape index (κ2) is 25.3. The predicted molar refractivity (Wildman–Crippen MR) is 316 cm³/mol. The first-order valence-corrected chi connectivity index (χ1v) is 28.3. The van der Waals surface area contributed by atoms with E-state index in [2.05, 4.69) is 45.2 Å². The summed E-state index contributed by atoms with van der Waals surface area (Å²) in [5.41, 5.74) is 5.53. The van der Waals surface area contributed by atoms with Crippen molar-refractivity contribution in [2.24, 2.45) is 27.7 Å². The van der Waals surface area contributed by atoms with Gasteiger partial charge < -0.3 is 44.7 Å². The summed E-state index contributed by atoms with van der Waals surface area (Å²) in [6.45, 7) is 11.9. The molecule has 9 rings (SSSR count). The highest BCUT2D eigenvalue weighted by atomic mass is 16.5. The Balaban J connectivity index is 0.742. The zero-order chi connectivity index (χ0) is 59.3. The van der Waals surface area contributed by atoms with E-state index in [4.69, 9.17) is 31.8 Å². The number of aliphatic imine (C=N–C) groups is 2. The maximum atomic E-state index is 14.3. The number of ether oxygens (including phenoxy) is 4. The van der Waals surface area contributed by atoms with Gasteiger partial charge in [0.25, 0.3) is 11.8 Å². The molecule has 20 heteroatoms. The van der Waals surface area contributed by atoms with Crippen molar-refractivity contribution in [3.05, 3.63) is 113 Å². The van der Waals surface area contributed by atoms with Crippen molar-refractivity contribution in [1.82, 2.24) is 25.3 Å². The minimum Gasteiger partial charge on any atom is -0.493 e. The molecule has 432 valence electrons. The fourth-order valence-corrected chi connectivity index (χ4v) is 10.8. The number of hydrogen-bond acceptors (Lipinski definition) is 13. The number of rotatable bonds is 23. The van der Waals surface area contributed by atoms with Gasteiger partial charge >= 0.3 is 0 Å². The molecule has 19 nitrogen and oxygen atoms in total. The zero-order valence-electron chi connectivity index (χ0n) is 48.3. The molecule has 1 saturated heterocycles. The zero-order valence-corrected chi connectivity index (χ0v) is 48.3. The number of fused-ring (bicyclic) bond motifs is 4. The van der Waals surface area contributed by atoms with Crippen molar-refractivity contribution in [1.29, 1.82) is 0 Å². The van der Waals surface area contributed by atoms with Crippen LogP contribution in [0.1, 0.15) is 123 Å². The number of nitrogens with zero attached hydrogens (tertiary/aromatic N) is 5. The van der Waals surface area contributed by atoms with E-state index in [1.165, 1.54) is 29.6 Å². The first kappa shape index (κ1) is 59.1. The quantitative estimate of drug-likeness (QED) is 0.0363. The number of anilines is 1. The molecule has 0 aromatic heterocycles. The Morgan fingerprint density at radius 3 is 1.96 bits per heavy atom. The third-order valence-corrected chi connectivity index (χ3v) is 15.7. The lowest BCUT2D eigenvalue weighted by molar-refractivity contribution is -0.140. The van der Waals surface area contributed by atoms with Gasteiger partial charge in [-0.05, 0) is 91.5 Å². The van der Waals surface area contributed by atoms with Crippen LogP contribution in [-0.4, -0.2) is 134 Å². The number of methoxy groups -OCH3 is 2. The normalized spacial score (nSPS) is 19.5. The van der Waals surface area contributed by atoms with Crippen LogP contribution in [0.4, 0.5) is 17.1 Å². The van der Waals surface area contributed by atoms with Crippen molar-refractivity contribution in [2.75, 3.05) is 39.3 Å². The molecule has 2 radical (unpaired) electrons. The summed E-state index contributed by atoms with van der Waals surface area (Å²) >= 11 is 0. The van der Waals surface area contributed by atoms with E-state index in [-0.39, 0.29) is 91.4 Å². The van der Waals surface area contributed by atoms with Crippen LogP contribution in [0.15, 0.2) is 95.2 Å². The van der Waals surface area contributed by atoms with E-state index < -0.39 is 29.3 Å². The molecule has 0 aliphatic carbocycles. The first-order chi connectivity index (χ1) is 39.7. The fraction of sp³-hybridized carbons (Fsp3) is 0.413. The second-order valence-corrected chi connectivity index (χ2v) is 22.5. The average Bonchev–Trinajstić information content (AvgIpc) is 2.99. The number of likely N-dealkylation sites (tertiary alicyclic amines) is 1. The number of aryl methyl sites for hydroxylation is 1. The molecule has 5 heterocycles. The van der Waals surface area contributed by atoms with Crippen molar-refractivity contribution < 1.29 is 52.5 Å². The molecule has 5 aliphatic rings. The van der Waals surface area contributed by atoms with Crippen LogP contribution >= 0.6 is 0 Å². The van der Waals surface area contributed by atoms with E-state index in [0.29, 0.717) is 84.3 Å². The number of benzene rings is 4. The minimum absolute atomic E-state index is 0.0978. The number of imide groups is 1. The van der Waals surface area contributed by atoms with E-state index in [0.717, 1.165) is 22.3 Å². The van der Waals surface area contributed by atoms with Crippen LogP contribution in [0.5, 0.6) is 23.0 Å². The molecule has 1 fully saturated rings. The van der Waals surface area contributed by atoms with E-state index >= 15 is 0 Å². The Morgan fingerprint density at radius 1 is 0.711 bits per heavy atom. The highest BCUT2D eigenvalue weighted by molar-refractivity contribution is 6.29. The molecule has 5 atom stereocenters. The topological polar surface area (TPSA) is 227 Å². The third-order valence-electron chi connectivity index (χ3n) is 15.7. The summed E-state index contributed by atoms with van der Waals surface area (Å²) < 4.78 is 23.7. The summed E-state index contributed by atoms with van der Waals surface area (Å²) in [4.78, 5) is 107. The molecule has 0 saturated carbocycles. The Kier molecular flexibility index (Phi) is 18.0. The molecule has 5 unspecified atom stereocenters. The van der Waals surface area contributed by atoms with E-state index in [1.807, 2.05) is 27.0 Å². The maximum absolute atomic E-state index is 14.3. The first-order valence-electron chi connectivity index (χ1n) is 28.3. The van der Waals surface area contributed by atoms with Gasteiger partial charge in [0.15, 0.2) is 23.0 Å². The highest BCUT2D eigenvalue weighted by Gasteiger charge is 2.43. The number of nitrogens with one attached hydrogen (secondary N) is 3. The lowest BCUT2D eigenvalue weighted by Crippen LogP contribution is -2.53. The average molecular weight is 1130 g/mol. The summed E-state index contributed by atoms with van der Waals surface area (Å²) in [5.74, 6) is -1.02. The molecule has 5 aliphatic heterocycles. The molecular formula is C63H71BN8O11. The molecular weight excluding hydrogens is 1060 g/mol. The monoisotopic (exact) mass is 1130 g/mol. The maximum Gasteiger partial charge on any atom is 0.260 e. The minimum atomic E-state index is -1.30. The molecule has 4 aromatic carbocycles. The van der Waals surface area contributed by atoms with Crippen LogP contribution in [0.3, 0.4) is 0 Å². The van der Waals surface area contributed by atoms with E-state index in [9.17, 15) is 33.6 Å². The van der Waals surface area contributed by atoms with Gasteiger partial charge in [-0.15, -0.1) is 0 Å². The largest absolute Gasteiger partial charge is 0.493 e. The number of amides is 7. The molecule has 0 bridgehead atoms. The van der Waals surface area contributed by atoms with Gasteiger partial charge in [-0.3, -0.25) is 48.4 Å². The van der Waals surface area contributed by atoms with Gasteiger partial charge in [-0.25, -0.2) is 0 Å². The van der Waals surface area contributed by atoms with Crippen molar-refractivity contribution in [3.8, 4) is 23.0 Å². The van der Waals surface area contributed by atoms with Gasteiger partial charge in [-0.2, -0.15) is 0 Å². The Bertz CT molecular complexity index is 3320. The number of carbonyl (C=O) groups excluding carboxylic acids is 7. The van der Waals surface area contributed by atoms with Crippen LogP contribution in [0, 0.1) is 24.7 Å². The summed E-state index contributed by atoms with van der Waals surface area (Å²) in [6.07, 6.45) is 10.5. The van der Waals surface area contributed by atoms with Gasteiger partial charge in [0.2, 0.25) is 29.5 Å². The van der Waals surface area contributed by atoms with Crippen LogP contribution in [0.25, 0.3) is 11.1 Å². The van der Waals surface area contributed by atoms with Crippen LogP contribution in [0.2, 0.25) is 0 Å². The summed E-state index contributed by atoms with van der Waals surface area (Å²) in [6, 6.07) is 19.9.